The van der Waals surface area contributed by atoms with Crippen LogP contribution in [0.25, 0.3) is 0 Å². The summed E-state index contributed by atoms with van der Waals surface area (Å²) >= 11 is 0. The van der Waals surface area contributed by atoms with Crippen LogP contribution in [0.1, 0.15) is 373 Å². The van der Waals surface area contributed by atoms with Crippen molar-refractivity contribution in [2.24, 2.45) is 0 Å². The van der Waals surface area contributed by atoms with E-state index in [1.54, 1.807) is 0 Å². The van der Waals surface area contributed by atoms with Gasteiger partial charge in [0, 0.05) is 12.8 Å². The maximum atomic E-state index is 12.9. The van der Waals surface area contributed by atoms with Gasteiger partial charge in [0.2, 0.25) is 0 Å². The number of nitrogens with zero attached hydrogens (tertiary/aromatic N) is 1. The first-order chi connectivity index (χ1) is 39.6. The molecule has 81 heavy (non-hydrogen) atoms. The summed E-state index contributed by atoms with van der Waals surface area (Å²) < 4.78 is 22.8. The summed E-state index contributed by atoms with van der Waals surface area (Å²) in [7, 11) is 5.94. The minimum absolute atomic E-state index is 0.151. The fraction of sp³-hybridized carbons (Fsp3) is 0.931. The lowest BCUT2D eigenvalue weighted by atomic mass is 10.0. The number of esters is 2. The van der Waals surface area contributed by atoms with Gasteiger partial charge < -0.3 is 33.3 Å². The van der Waals surface area contributed by atoms with Crippen molar-refractivity contribution in [2.75, 3.05) is 47.5 Å². The fourth-order valence-electron chi connectivity index (χ4n) is 11.0. The first-order valence-electron chi connectivity index (χ1n) is 35.8. The third-order valence-electron chi connectivity index (χ3n) is 16.5. The van der Waals surface area contributed by atoms with Crippen molar-refractivity contribution >= 4 is 17.9 Å². The van der Waals surface area contributed by atoms with Crippen molar-refractivity contribution in [3.05, 3.63) is 12.2 Å². The van der Waals surface area contributed by atoms with E-state index in [0.29, 0.717) is 23.9 Å². The Balaban J connectivity index is 3.98. The zero-order valence-corrected chi connectivity index (χ0v) is 54.9. The molecule has 0 amide bonds. The highest BCUT2D eigenvalue weighted by atomic mass is 16.7. The molecular formula is C72H139NO8. The van der Waals surface area contributed by atoms with E-state index in [9.17, 15) is 19.5 Å². The molecular weight excluding hydrogens is 1010 g/mol. The highest BCUT2D eigenvalue weighted by Crippen LogP contribution is 2.19. The lowest BCUT2D eigenvalue weighted by molar-refractivity contribution is -0.870. The molecule has 0 radical (unpaired) electrons. The van der Waals surface area contributed by atoms with E-state index >= 15 is 0 Å². The number of unbranched alkanes of at least 4 members (excludes halogenated alkanes) is 51. The van der Waals surface area contributed by atoms with Crippen molar-refractivity contribution in [1.29, 1.82) is 0 Å². The first kappa shape index (κ1) is 79.0. The molecule has 0 aromatic rings. The number of hydrogen-bond donors (Lipinski definition) is 0. The van der Waals surface area contributed by atoms with Crippen LogP contribution in [0, 0.1) is 0 Å². The Morgan fingerprint density at radius 2 is 0.630 bits per heavy atom. The number of carbonyl (C=O) groups is 3. The number of carboxylic acid groups (broad SMARTS) is 1. The molecule has 2 unspecified atom stereocenters. The van der Waals surface area contributed by atoms with E-state index in [0.717, 1.165) is 32.1 Å². The predicted octanol–water partition coefficient (Wildman–Crippen LogP) is 20.7. The molecule has 9 nitrogen and oxygen atoms in total. The van der Waals surface area contributed by atoms with Gasteiger partial charge in [0.15, 0.2) is 12.4 Å². The molecule has 0 saturated heterocycles. The van der Waals surface area contributed by atoms with Crippen LogP contribution in [-0.2, 0) is 33.3 Å². The van der Waals surface area contributed by atoms with Gasteiger partial charge in [0.05, 0.1) is 40.3 Å². The van der Waals surface area contributed by atoms with Crippen LogP contribution in [0.3, 0.4) is 0 Å². The van der Waals surface area contributed by atoms with Crippen LogP contribution in [0.5, 0.6) is 0 Å². The lowest BCUT2D eigenvalue weighted by Crippen LogP contribution is -2.44. The monoisotopic (exact) mass is 1150 g/mol. The van der Waals surface area contributed by atoms with Gasteiger partial charge in [-0.05, 0) is 38.5 Å². The summed E-state index contributed by atoms with van der Waals surface area (Å²) in [5, 5.41) is 11.8. The zero-order valence-electron chi connectivity index (χ0n) is 54.9. The Bertz CT molecular complexity index is 1330. The maximum Gasteiger partial charge on any atom is 0.306 e. The van der Waals surface area contributed by atoms with Crippen LogP contribution in [-0.4, -0.2) is 82.3 Å². The van der Waals surface area contributed by atoms with E-state index in [2.05, 4.69) is 26.0 Å². The molecule has 2 atom stereocenters. The molecule has 480 valence electrons. The summed E-state index contributed by atoms with van der Waals surface area (Å²) in [6.07, 6.45) is 74.6. The van der Waals surface area contributed by atoms with Gasteiger partial charge in [0.1, 0.15) is 13.2 Å². The quantitative estimate of drug-likeness (QED) is 0.0195. The van der Waals surface area contributed by atoms with Crippen LogP contribution in [0.4, 0.5) is 0 Å². The van der Waals surface area contributed by atoms with Gasteiger partial charge in [0.25, 0.3) is 0 Å². The van der Waals surface area contributed by atoms with Crippen LogP contribution in [0.15, 0.2) is 12.2 Å². The SMILES string of the molecule is CCCCCCCCCC/C=C\CCCCCCCCCCCC(=O)OC(COC(=O)CCCCCCCCCCCCCCCCCCCCCCCCCCCCCCCCCCCCC)COC(OCC[N+](C)(C)C)C(=O)[O-]. The standard InChI is InChI=1S/C72H139NO8/c1-6-8-10-12-14-16-18-20-22-24-26-28-29-30-31-32-33-34-35-36-37-38-39-40-41-43-44-46-48-50-52-54-56-58-60-62-69(74)79-66-68(67-80-72(71(76)77)78-65-64-73(3,4)5)81-70(75)63-61-59-57-55-53-51-49-47-45-42-27-25-23-21-19-17-15-13-11-9-7-2/h25,27,68,72H,6-24,26,28-67H2,1-5H3/b27-25-. The number of likely N-dealkylation sites (N-methyl/N-ethyl adjacent to an activating group) is 1. The number of ether oxygens (including phenoxy) is 4. The van der Waals surface area contributed by atoms with Crippen LogP contribution >= 0.6 is 0 Å². The molecule has 0 heterocycles. The van der Waals surface area contributed by atoms with Crippen molar-refractivity contribution in [3.63, 3.8) is 0 Å². The topological polar surface area (TPSA) is 111 Å². The van der Waals surface area contributed by atoms with Gasteiger partial charge >= 0.3 is 11.9 Å². The van der Waals surface area contributed by atoms with E-state index < -0.39 is 24.3 Å². The zero-order chi connectivity index (χ0) is 59.1. The number of carbonyl (C=O) groups excluding carboxylic acids is 3. The van der Waals surface area contributed by atoms with Crippen LogP contribution < -0.4 is 5.11 Å². The van der Waals surface area contributed by atoms with E-state index in [4.69, 9.17) is 18.9 Å². The summed E-state index contributed by atoms with van der Waals surface area (Å²) in [6.45, 7) is 4.82. The number of allylic oxidation sites excluding steroid dienone is 2. The second-order valence-corrected chi connectivity index (χ2v) is 25.9. The maximum absolute atomic E-state index is 12.9. The lowest BCUT2D eigenvalue weighted by Gasteiger charge is -2.26. The van der Waals surface area contributed by atoms with Gasteiger partial charge in [-0.25, -0.2) is 0 Å². The van der Waals surface area contributed by atoms with Gasteiger partial charge in [-0.3, -0.25) is 9.59 Å². The summed E-state index contributed by atoms with van der Waals surface area (Å²) in [6, 6.07) is 0. The number of carboxylic acids is 1. The molecule has 0 N–H and O–H groups in total. The summed E-state index contributed by atoms with van der Waals surface area (Å²) in [5.41, 5.74) is 0. The van der Waals surface area contributed by atoms with Gasteiger partial charge in [-0.2, -0.15) is 0 Å². The highest BCUT2D eigenvalue weighted by molar-refractivity contribution is 5.70. The molecule has 0 aliphatic heterocycles. The molecule has 0 aliphatic carbocycles. The Hall–Kier alpha value is -1.97. The number of aliphatic carboxylic acids is 1. The Labute approximate surface area is 504 Å². The van der Waals surface area contributed by atoms with E-state index in [1.165, 1.54) is 308 Å². The number of rotatable bonds is 68. The Morgan fingerprint density at radius 1 is 0.358 bits per heavy atom. The molecule has 0 fully saturated rings. The molecule has 0 aliphatic rings. The largest absolute Gasteiger partial charge is 0.545 e. The first-order valence-corrected chi connectivity index (χ1v) is 35.8. The van der Waals surface area contributed by atoms with Crippen molar-refractivity contribution in [3.8, 4) is 0 Å². The van der Waals surface area contributed by atoms with E-state index in [-0.39, 0.29) is 32.2 Å². The number of hydrogen-bond acceptors (Lipinski definition) is 8. The molecule has 0 aromatic carbocycles. The van der Waals surface area contributed by atoms with Crippen molar-refractivity contribution < 1.29 is 42.9 Å². The van der Waals surface area contributed by atoms with Crippen molar-refractivity contribution in [1.82, 2.24) is 0 Å². The molecule has 9 heteroatoms. The van der Waals surface area contributed by atoms with Crippen LogP contribution in [0.2, 0.25) is 0 Å². The normalized spacial score (nSPS) is 12.7. The minimum Gasteiger partial charge on any atom is -0.545 e. The molecule has 0 bridgehead atoms. The molecule has 0 rings (SSSR count). The third-order valence-corrected chi connectivity index (χ3v) is 16.5. The second kappa shape index (κ2) is 64.0. The van der Waals surface area contributed by atoms with Crippen molar-refractivity contribution in [2.45, 2.75) is 386 Å². The summed E-state index contributed by atoms with van der Waals surface area (Å²) in [5.74, 6) is -2.25. The van der Waals surface area contributed by atoms with Gasteiger partial charge in [-0.15, -0.1) is 0 Å². The van der Waals surface area contributed by atoms with E-state index in [1.807, 2.05) is 21.1 Å². The smallest absolute Gasteiger partial charge is 0.306 e. The Morgan fingerprint density at radius 3 is 0.914 bits per heavy atom. The number of quaternary nitrogens is 1. The van der Waals surface area contributed by atoms with Gasteiger partial charge in [-0.1, -0.05) is 334 Å². The predicted molar refractivity (Wildman–Crippen MR) is 343 cm³/mol. The summed E-state index contributed by atoms with van der Waals surface area (Å²) in [4.78, 5) is 37.4. The average Bonchev–Trinajstić information content (AvgIpc) is 3.44. The second-order valence-electron chi connectivity index (χ2n) is 25.9. The fourth-order valence-corrected chi connectivity index (χ4v) is 11.0. The molecule has 0 aromatic heterocycles. The minimum atomic E-state index is -1.62. The molecule has 0 saturated carbocycles. The molecule has 0 spiro atoms. The highest BCUT2D eigenvalue weighted by Gasteiger charge is 2.22. The average molecular weight is 1150 g/mol. The third kappa shape index (κ3) is 65.4. The Kier molecular flexibility index (Phi) is 62.5.